The van der Waals surface area contributed by atoms with E-state index < -0.39 is 10.0 Å². The van der Waals surface area contributed by atoms with Gasteiger partial charge in [0.1, 0.15) is 0 Å². The third kappa shape index (κ3) is 4.80. The Labute approximate surface area is 127 Å². The van der Waals surface area contributed by atoms with Gasteiger partial charge in [0.25, 0.3) is 0 Å². The SMILES string of the molecule is CC1CCC(CNS(=O)(=O)c2ccc(CCCO)cc2)C1. The molecule has 0 radical (unpaired) electrons. The Morgan fingerprint density at radius 1 is 1.24 bits per heavy atom. The molecule has 118 valence electrons. The molecule has 1 aliphatic rings. The molecule has 1 aromatic carbocycles. The Bertz CT molecular complexity index is 539. The summed E-state index contributed by atoms with van der Waals surface area (Å²) in [5, 5.41) is 8.80. The minimum atomic E-state index is -3.40. The highest BCUT2D eigenvalue weighted by molar-refractivity contribution is 7.89. The predicted octanol–water partition coefficient (Wildman–Crippen LogP) is 2.33. The van der Waals surface area contributed by atoms with E-state index in [4.69, 9.17) is 5.11 Å². The highest BCUT2D eigenvalue weighted by atomic mass is 32.2. The van der Waals surface area contributed by atoms with Crippen LogP contribution in [0.2, 0.25) is 0 Å². The van der Waals surface area contributed by atoms with Crippen molar-refractivity contribution in [2.45, 2.75) is 43.9 Å². The molecular formula is C16H25NO3S. The zero-order chi connectivity index (χ0) is 15.3. The fraction of sp³-hybridized carbons (Fsp3) is 0.625. The molecule has 1 fully saturated rings. The third-order valence-electron chi connectivity index (χ3n) is 4.22. The number of aliphatic hydroxyl groups excluding tert-OH is 1. The second-order valence-electron chi connectivity index (χ2n) is 6.11. The van der Waals surface area contributed by atoms with Crippen LogP contribution in [0, 0.1) is 11.8 Å². The van der Waals surface area contributed by atoms with Crippen LogP contribution in [0.4, 0.5) is 0 Å². The normalized spacial score (nSPS) is 22.6. The summed E-state index contributed by atoms with van der Waals surface area (Å²) in [6, 6.07) is 6.93. The zero-order valence-electron chi connectivity index (χ0n) is 12.6. The highest BCUT2D eigenvalue weighted by Crippen LogP contribution is 2.29. The van der Waals surface area contributed by atoms with Crippen LogP contribution in [-0.2, 0) is 16.4 Å². The molecule has 2 rings (SSSR count). The molecule has 1 aliphatic carbocycles. The Kier molecular flexibility index (Phi) is 5.79. The highest BCUT2D eigenvalue weighted by Gasteiger charge is 2.23. The lowest BCUT2D eigenvalue weighted by Gasteiger charge is -2.12. The van der Waals surface area contributed by atoms with E-state index in [1.165, 1.54) is 6.42 Å². The summed E-state index contributed by atoms with van der Waals surface area (Å²) in [5.74, 6) is 1.18. The van der Waals surface area contributed by atoms with Gasteiger partial charge in [0.15, 0.2) is 0 Å². The molecule has 0 heterocycles. The van der Waals surface area contributed by atoms with Gasteiger partial charge >= 0.3 is 0 Å². The second kappa shape index (κ2) is 7.38. The van der Waals surface area contributed by atoms with Gasteiger partial charge in [-0.05, 0) is 55.2 Å². The first-order valence-electron chi connectivity index (χ1n) is 7.70. The Hall–Kier alpha value is -0.910. The van der Waals surface area contributed by atoms with Crippen molar-refractivity contribution < 1.29 is 13.5 Å². The summed E-state index contributed by atoms with van der Waals surface area (Å²) in [5.41, 5.74) is 1.05. The molecule has 1 aromatic rings. The molecule has 2 N–H and O–H groups in total. The minimum Gasteiger partial charge on any atom is -0.396 e. The van der Waals surface area contributed by atoms with E-state index in [9.17, 15) is 8.42 Å². The number of aryl methyl sites for hydroxylation is 1. The maximum absolute atomic E-state index is 12.2. The molecule has 2 unspecified atom stereocenters. The van der Waals surface area contributed by atoms with Gasteiger partial charge in [-0.2, -0.15) is 0 Å². The van der Waals surface area contributed by atoms with Gasteiger partial charge in [-0.3, -0.25) is 0 Å². The number of benzene rings is 1. The Morgan fingerprint density at radius 2 is 1.95 bits per heavy atom. The topological polar surface area (TPSA) is 66.4 Å². The lowest BCUT2D eigenvalue weighted by atomic mass is 10.1. The van der Waals surface area contributed by atoms with Crippen molar-refractivity contribution in [1.82, 2.24) is 4.72 Å². The molecule has 0 amide bonds. The Balaban J connectivity index is 1.92. The lowest BCUT2D eigenvalue weighted by Crippen LogP contribution is -2.28. The Morgan fingerprint density at radius 3 is 2.52 bits per heavy atom. The zero-order valence-corrected chi connectivity index (χ0v) is 13.4. The van der Waals surface area contributed by atoms with E-state index in [1.807, 2.05) is 12.1 Å². The predicted molar refractivity (Wildman–Crippen MR) is 83.5 cm³/mol. The van der Waals surface area contributed by atoms with Gasteiger partial charge < -0.3 is 5.11 Å². The molecular weight excluding hydrogens is 286 g/mol. The van der Waals surface area contributed by atoms with Crippen LogP contribution in [0.1, 0.15) is 38.2 Å². The number of hydrogen-bond donors (Lipinski definition) is 2. The molecule has 5 heteroatoms. The van der Waals surface area contributed by atoms with E-state index in [0.717, 1.165) is 24.8 Å². The fourth-order valence-corrected chi connectivity index (χ4v) is 4.06. The largest absolute Gasteiger partial charge is 0.396 e. The first-order chi connectivity index (χ1) is 10.0. The first kappa shape index (κ1) is 16.5. The fourth-order valence-electron chi connectivity index (χ4n) is 2.94. The van der Waals surface area contributed by atoms with Crippen LogP contribution < -0.4 is 4.72 Å². The lowest BCUT2D eigenvalue weighted by molar-refractivity contribution is 0.288. The third-order valence-corrected chi connectivity index (χ3v) is 5.66. The maximum Gasteiger partial charge on any atom is 0.240 e. The summed E-state index contributed by atoms with van der Waals surface area (Å²) in [6.45, 7) is 2.92. The summed E-state index contributed by atoms with van der Waals surface area (Å²) < 4.78 is 27.2. The number of aliphatic hydroxyl groups is 1. The van der Waals surface area contributed by atoms with Crippen LogP contribution in [-0.4, -0.2) is 26.7 Å². The maximum atomic E-state index is 12.2. The van der Waals surface area contributed by atoms with Gasteiger partial charge in [-0.25, -0.2) is 13.1 Å². The summed E-state index contributed by atoms with van der Waals surface area (Å²) in [4.78, 5) is 0.321. The molecule has 0 bridgehead atoms. The minimum absolute atomic E-state index is 0.154. The van der Waals surface area contributed by atoms with Gasteiger partial charge in [0.2, 0.25) is 10.0 Å². The van der Waals surface area contributed by atoms with Crippen molar-refractivity contribution in [3.05, 3.63) is 29.8 Å². The van der Waals surface area contributed by atoms with Crippen LogP contribution in [0.25, 0.3) is 0 Å². The number of nitrogens with one attached hydrogen (secondary N) is 1. The van der Waals surface area contributed by atoms with Crippen LogP contribution in [0.15, 0.2) is 29.2 Å². The van der Waals surface area contributed by atoms with Crippen molar-refractivity contribution in [3.63, 3.8) is 0 Å². The summed E-state index contributed by atoms with van der Waals surface area (Å²) in [6.07, 6.45) is 4.90. The van der Waals surface area contributed by atoms with Gasteiger partial charge in [0.05, 0.1) is 4.90 Å². The molecule has 0 spiro atoms. The van der Waals surface area contributed by atoms with Crippen LogP contribution in [0.5, 0.6) is 0 Å². The van der Waals surface area contributed by atoms with E-state index in [2.05, 4.69) is 11.6 Å². The van der Waals surface area contributed by atoms with Gasteiger partial charge in [-0.15, -0.1) is 0 Å². The van der Waals surface area contributed by atoms with Crippen molar-refractivity contribution in [2.24, 2.45) is 11.8 Å². The number of hydrogen-bond acceptors (Lipinski definition) is 3. The molecule has 21 heavy (non-hydrogen) atoms. The average molecular weight is 311 g/mol. The van der Waals surface area contributed by atoms with E-state index >= 15 is 0 Å². The molecule has 0 saturated heterocycles. The van der Waals surface area contributed by atoms with Crippen molar-refractivity contribution >= 4 is 10.0 Å². The molecule has 0 aliphatic heterocycles. The quantitative estimate of drug-likeness (QED) is 0.812. The summed E-state index contributed by atoms with van der Waals surface area (Å²) in [7, 11) is -3.40. The first-order valence-corrected chi connectivity index (χ1v) is 9.19. The van der Waals surface area contributed by atoms with Crippen molar-refractivity contribution in [1.29, 1.82) is 0 Å². The molecule has 4 nitrogen and oxygen atoms in total. The van der Waals surface area contributed by atoms with Crippen molar-refractivity contribution in [2.75, 3.05) is 13.2 Å². The van der Waals surface area contributed by atoms with Gasteiger partial charge in [0, 0.05) is 13.2 Å². The van der Waals surface area contributed by atoms with Crippen LogP contribution >= 0.6 is 0 Å². The standard InChI is InChI=1S/C16H25NO3S/c1-13-4-5-15(11-13)12-17-21(19,20)16-8-6-14(7-9-16)3-2-10-18/h6-9,13,15,17-18H,2-5,10-12H2,1H3. The molecule has 1 saturated carbocycles. The molecule has 0 aromatic heterocycles. The average Bonchev–Trinajstić information content (AvgIpc) is 2.89. The second-order valence-corrected chi connectivity index (χ2v) is 7.87. The summed E-state index contributed by atoms with van der Waals surface area (Å²) >= 11 is 0. The van der Waals surface area contributed by atoms with Crippen molar-refractivity contribution in [3.8, 4) is 0 Å². The smallest absolute Gasteiger partial charge is 0.240 e. The van der Waals surface area contributed by atoms with E-state index in [0.29, 0.717) is 29.7 Å². The van der Waals surface area contributed by atoms with E-state index in [-0.39, 0.29) is 6.61 Å². The number of rotatable bonds is 7. The van der Waals surface area contributed by atoms with E-state index in [1.54, 1.807) is 12.1 Å². The molecule has 2 atom stereocenters. The monoisotopic (exact) mass is 311 g/mol. The van der Waals surface area contributed by atoms with Crippen LogP contribution in [0.3, 0.4) is 0 Å². The van der Waals surface area contributed by atoms with Gasteiger partial charge in [-0.1, -0.05) is 25.5 Å². The number of sulfonamides is 1.